The molecule has 0 amide bonds. The molecule has 0 aromatic carbocycles. The Hall–Kier alpha value is -0.410. The van der Waals surface area contributed by atoms with Gasteiger partial charge in [0.15, 0.2) is 0 Å². The average Bonchev–Trinajstić information content (AvgIpc) is 2.08. The molecule has 0 aliphatic rings. The van der Waals surface area contributed by atoms with Crippen LogP contribution in [0.2, 0.25) is 0 Å². The van der Waals surface area contributed by atoms with Crippen molar-refractivity contribution in [2.75, 3.05) is 0 Å². The second-order valence-corrected chi connectivity index (χ2v) is 3.55. The zero-order chi connectivity index (χ0) is 9.14. The molecule has 12 heavy (non-hydrogen) atoms. The van der Waals surface area contributed by atoms with E-state index in [9.17, 15) is 5.11 Å². The summed E-state index contributed by atoms with van der Waals surface area (Å²) in [6, 6.07) is 1.95. The third-order valence-electron chi connectivity index (χ3n) is 1.81. The molecule has 0 fully saturated rings. The van der Waals surface area contributed by atoms with Gasteiger partial charge in [0.1, 0.15) is 4.60 Å². The van der Waals surface area contributed by atoms with Crippen LogP contribution >= 0.6 is 15.9 Å². The van der Waals surface area contributed by atoms with Gasteiger partial charge in [-0.05, 0) is 46.5 Å². The minimum atomic E-state index is -0.385. The molecule has 1 heterocycles. The first-order chi connectivity index (χ1) is 5.65. The van der Waals surface area contributed by atoms with Gasteiger partial charge in [-0.2, -0.15) is 0 Å². The van der Waals surface area contributed by atoms with Gasteiger partial charge in [0.05, 0.1) is 6.10 Å². The molecule has 0 unspecified atom stereocenters. The predicted molar refractivity (Wildman–Crippen MR) is 51.9 cm³/mol. The van der Waals surface area contributed by atoms with E-state index in [4.69, 9.17) is 0 Å². The quantitative estimate of drug-likeness (QED) is 0.792. The van der Waals surface area contributed by atoms with E-state index in [0.29, 0.717) is 0 Å². The van der Waals surface area contributed by atoms with Gasteiger partial charge in [-0.25, -0.2) is 4.98 Å². The number of aryl methyl sites for hydroxylation is 1. The number of hydrogen-bond donors (Lipinski definition) is 1. The maximum atomic E-state index is 9.49. The normalized spacial score (nSPS) is 13.0. The molecule has 0 spiro atoms. The molecule has 0 aliphatic heterocycles. The molecule has 0 bridgehead atoms. The van der Waals surface area contributed by atoms with Crippen molar-refractivity contribution in [3.05, 3.63) is 28.0 Å². The smallest absolute Gasteiger partial charge is 0.108 e. The number of aliphatic hydroxyl groups is 1. The fourth-order valence-corrected chi connectivity index (χ4v) is 1.21. The SMILES string of the molecule is CC[C@H](O)c1cnc(Br)c(C)c1. The first-order valence-electron chi connectivity index (χ1n) is 3.95. The summed E-state index contributed by atoms with van der Waals surface area (Å²) < 4.78 is 0.842. The lowest BCUT2D eigenvalue weighted by Crippen LogP contribution is -1.97. The molecule has 66 valence electrons. The number of rotatable bonds is 2. The Morgan fingerprint density at radius 3 is 2.83 bits per heavy atom. The molecule has 1 atom stereocenters. The van der Waals surface area contributed by atoms with Crippen LogP contribution in [0.3, 0.4) is 0 Å². The van der Waals surface area contributed by atoms with Crippen molar-refractivity contribution in [1.29, 1.82) is 0 Å². The molecule has 0 radical (unpaired) electrons. The number of pyridine rings is 1. The van der Waals surface area contributed by atoms with Crippen molar-refractivity contribution in [2.45, 2.75) is 26.4 Å². The topological polar surface area (TPSA) is 33.1 Å². The number of aliphatic hydroxyl groups excluding tert-OH is 1. The van der Waals surface area contributed by atoms with Crippen LogP contribution in [0.1, 0.15) is 30.6 Å². The van der Waals surface area contributed by atoms with E-state index >= 15 is 0 Å². The largest absolute Gasteiger partial charge is 0.388 e. The van der Waals surface area contributed by atoms with E-state index in [2.05, 4.69) is 20.9 Å². The van der Waals surface area contributed by atoms with E-state index < -0.39 is 0 Å². The summed E-state index contributed by atoms with van der Waals surface area (Å²) in [6.45, 7) is 3.91. The summed E-state index contributed by atoms with van der Waals surface area (Å²) in [6.07, 6.45) is 2.04. The summed E-state index contributed by atoms with van der Waals surface area (Å²) >= 11 is 3.31. The Morgan fingerprint density at radius 2 is 2.33 bits per heavy atom. The van der Waals surface area contributed by atoms with Crippen molar-refractivity contribution in [3.63, 3.8) is 0 Å². The van der Waals surface area contributed by atoms with Gasteiger partial charge in [-0.3, -0.25) is 0 Å². The Balaban J connectivity index is 2.96. The van der Waals surface area contributed by atoms with Crippen LogP contribution in [-0.4, -0.2) is 10.1 Å². The van der Waals surface area contributed by atoms with Crippen LogP contribution in [0.5, 0.6) is 0 Å². The highest BCUT2D eigenvalue weighted by Crippen LogP contribution is 2.20. The van der Waals surface area contributed by atoms with Crippen LogP contribution in [-0.2, 0) is 0 Å². The Morgan fingerprint density at radius 1 is 1.67 bits per heavy atom. The van der Waals surface area contributed by atoms with Gasteiger partial charge in [-0.1, -0.05) is 6.92 Å². The summed E-state index contributed by atoms with van der Waals surface area (Å²) in [5.74, 6) is 0. The fourth-order valence-electron chi connectivity index (χ4n) is 0.998. The van der Waals surface area contributed by atoms with Gasteiger partial charge < -0.3 is 5.11 Å². The van der Waals surface area contributed by atoms with Crippen molar-refractivity contribution >= 4 is 15.9 Å². The highest BCUT2D eigenvalue weighted by atomic mass is 79.9. The highest BCUT2D eigenvalue weighted by Gasteiger charge is 2.06. The van der Waals surface area contributed by atoms with E-state index in [1.54, 1.807) is 6.20 Å². The third kappa shape index (κ3) is 2.05. The van der Waals surface area contributed by atoms with E-state index in [-0.39, 0.29) is 6.10 Å². The molecule has 1 aromatic heterocycles. The number of nitrogens with zero attached hydrogens (tertiary/aromatic N) is 1. The van der Waals surface area contributed by atoms with Crippen LogP contribution in [0, 0.1) is 6.92 Å². The first-order valence-corrected chi connectivity index (χ1v) is 4.74. The van der Waals surface area contributed by atoms with Crippen molar-refractivity contribution < 1.29 is 5.11 Å². The Kier molecular flexibility index (Phi) is 3.23. The maximum absolute atomic E-state index is 9.49. The van der Waals surface area contributed by atoms with Gasteiger partial charge in [0.2, 0.25) is 0 Å². The van der Waals surface area contributed by atoms with Crippen molar-refractivity contribution in [1.82, 2.24) is 4.98 Å². The molecule has 0 saturated heterocycles. The monoisotopic (exact) mass is 229 g/mol. The van der Waals surface area contributed by atoms with Gasteiger partial charge in [0.25, 0.3) is 0 Å². The minimum absolute atomic E-state index is 0.385. The molecule has 1 aromatic rings. The lowest BCUT2D eigenvalue weighted by Gasteiger charge is -2.08. The maximum Gasteiger partial charge on any atom is 0.108 e. The van der Waals surface area contributed by atoms with Crippen LogP contribution < -0.4 is 0 Å². The lowest BCUT2D eigenvalue weighted by atomic mass is 10.1. The molecule has 2 nitrogen and oxygen atoms in total. The first kappa shape index (κ1) is 9.68. The van der Waals surface area contributed by atoms with Crippen molar-refractivity contribution in [3.8, 4) is 0 Å². The zero-order valence-electron chi connectivity index (χ0n) is 7.21. The molecule has 1 rings (SSSR count). The number of aromatic nitrogens is 1. The van der Waals surface area contributed by atoms with Gasteiger partial charge in [-0.15, -0.1) is 0 Å². The minimum Gasteiger partial charge on any atom is -0.388 e. The van der Waals surface area contributed by atoms with Crippen LogP contribution in [0.15, 0.2) is 16.9 Å². The lowest BCUT2D eigenvalue weighted by molar-refractivity contribution is 0.173. The Bertz CT molecular complexity index is 275. The van der Waals surface area contributed by atoms with E-state index in [0.717, 1.165) is 22.2 Å². The van der Waals surface area contributed by atoms with Gasteiger partial charge >= 0.3 is 0 Å². The summed E-state index contributed by atoms with van der Waals surface area (Å²) in [7, 11) is 0. The second-order valence-electron chi connectivity index (χ2n) is 2.80. The fraction of sp³-hybridized carbons (Fsp3) is 0.444. The molecular weight excluding hydrogens is 218 g/mol. The summed E-state index contributed by atoms with van der Waals surface area (Å²) in [5.41, 5.74) is 1.94. The number of hydrogen-bond acceptors (Lipinski definition) is 2. The number of halogens is 1. The molecule has 0 saturated carbocycles. The standard InChI is InChI=1S/C9H12BrNO/c1-3-8(12)7-4-6(2)9(10)11-5-7/h4-5,8,12H,3H2,1-2H3/t8-/m0/s1. The average molecular weight is 230 g/mol. The molecular formula is C9H12BrNO. The third-order valence-corrected chi connectivity index (χ3v) is 2.64. The molecule has 0 aliphatic carbocycles. The zero-order valence-corrected chi connectivity index (χ0v) is 8.80. The van der Waals surface area contributed by atoms with E-state index in [1.807, 2.05) is 19.9 Å². The predicted octanol–water partition coefficient (Wildman–Crippen LogP) is 2.60. The van der Waals surface area contributed by atoms with E-state index in [1.165, 1.54) is 0 Å². The second kappa shape index (κ2) is 4.01. The summed E-state index contributed by atoms with van der Waals surface area (Å²) in [4.78, 5) is 4.10. The van der Waals surface area contributed by atoms with Gasteiger partial charge in [0, 0.05) is 6.20 Å². The Labute approximate surface area is 80.8 Å². The van der Waals surface area contributed by atoms with Crippen LogP contribution in [0.4, 0.5) is 0 Å². The molecule has 1 N–H and O–H groups in total. The summed E-state index contributed by atoms with van der Waals surface area (Å²) in [5, 5.41) is 9.49. The van der Waals surface area contributed by atoms with Crippen molar-refractivity contribution in [2.24, 2.45) is 0 Å². The van der Waals surface area contributed by atoms with Crippen LogP contribution in [0.25, 0.3) is 0 Å². The molecule has 3 heteroatoms. The highest BCUT2D eigenvalue weighted by molar-refractivity contribution is 9.10.